The van der Waals surface area contributed by atoms with Crippen LogP contribution in [0.1, 0.15) is 5.56 Å². The van der Waals surface area contributed by atoms with Gasteiger partial charge in [0, 0.05) is 25.8 Å². The first kappa shape index (κ1) is 13.6. The van der Waals surface area contributed by atoms with E-state index in [1.54, 1.807) is 6.92 Å². The first-order valence-electron chi connectivity index (χ1n) is 4.58. The van der Waals surface area contributed by atoms with E-state index in [9.17, 15) is 14.7 Å². The van der Waals surface area contributed by atoms with Crippen LogP contribution in [0.3, 0.4) is 0 Å². The van der Waals surface area contributed by atoms with Crippen LogP contribution in [0.15, 0.2) is 18.2 Å². The van der Waals surface area contributed by atoms with Crippen molar-refractivity contribution < 1.29 is 23.1 Å². The van der Waals surface area contributed by atoms with Gasteiger partial charge >= 0.3 is 7.82 Å². The summed E-state index contributed by atoms with van der Waals surface area (Å²) in [5, 5.41) is 10.6. The van der Waals surface area contributed by atoms with Crippen molar-refractivity contribution in [2.45, 2.75) is 6.92 Å². The topological polar surface area (TPSA) is 87.9 Å². The van der Waals surface area contributed by atoms with Crippen molar-refractivity contribution in [3.8, 4) is 5.75 Å². The van der Waals surface area contributed by atoms with E-state index in [4.69, 9.17) is 4.52 Å². The largest absolute Gasteiger partial charge is 0.529 e. The van der Waals surface area contributed by atoms with Crippen molar-refractivity contribution in [1.29, 1.82) is 0 Å². The molecule has 1 rings (SSSR count). The molecule has 0 spiro atoms. The molecule has 1 aromatic rings. The van der Waals surface area contributed by atoms with Crippen LogP contribution in [0.5, 0.6) is 5.75 Å². The summed E-state index contributed by atoms with van der Waals surface area (Å²) < 4.78 is 25.8. The molecule has 0 fully saturated rings. The summed E-state index contributed by atoms with van der Waals surface area (Å²) >= 11 is 0. The second kappa shape index (κ2) is 5.27. The molecule has 1 aromatic carbocycles. The summed E-state index contributed by atoms with van der Waals surface area (Å²) in [4.78, 5) is 10.1. The maximum Gasteiger partial charge on any atom is 0.529 e. The van der Waals surface area contributed by atoms with E-state index >= 15 is 0 Å². The van der Waals surface area contributed by atoms with Gasteiger partial charge < -0.3 is 4.52 Å². The Balaban J connectivity index is 2.99. The molecule has 0 saturated carbocycles. The van der Waals surface area contributed by atoms with E-state index in [0.717, 1.165) is 0 Å². The highest BCUT2D eigenvalue weighted by Gasteiger charge is 2.25. The number of aryl methyl sites for hydroxylation is 1. The smallest absolute Gasteiger partial charge is 0.404 e. The third-order valence-corrected chi connectivity index (χ3v) is 3.36. The van der Waals surface area contributed by atoms with Crippen LogP contribution in [0.4, 0.5) is 5.69 Å². The van der Waals surface area contributed by atoms with Gasteiger partial charge in [-0.2, -0.15) is 0 Å². The summed E-state index contributed by atoms with van der Waals surface area (Å²) in [5.41, 5.74) is 0.355. The van der Waals surface area contributed by atoms with Gasteiger partial charge in [-0.05, 0) is 19.1 Å². The Kier molecular flexibility index (Phi) is 4.22. The van der Waals surface area contributed by atoms with Gasteiger partial charge in [-0.1, -0.05) is 0 Å². The molecular weight excluding hydrogens is 253 g/mol. The number of nitro groups is 1. The van der Waals surface area contributed by atoms with Crippen molar-refractivity contribution in [3.63, 3.8) is 0 Å². The lowest BCUT2D eigenvalue weighted by Gasteiger charge is -2.14. The lowest BCUT2D eigenvalue weighted by Crippen LogP contribution is -1.98. The third kappa shape index (κ3) is 3.26. The number of hydrogen-bond donors (Lipinski definition) is 0. The quantitative estimate of drug-likeness (QED) is 0.462. The van der Waals surface area contributed by atoms with Gasteiger partial charge in [-0.25, -0.2) is 4.57 Å². The SMILES string of the molecule is Cc1cc(OP(=O)(O[14CH3])O[14CH3])ccc1[N+](=O)[O-]. The van der Waals surface area contributed by atoms with Crippen LogP contribution < -0.4 is 4.52 Å². The van der Waals surface area contributed by atoms with Crippen LogP contribution in [0.2, 0.25) is 0 Å². The fourth-order valence-corrected chi connectivity index (χ4v) is 1.84. The number of phosphoric ester groups is 1. The number of hydrogen-bond acceptors (Lipinski definition) is 6. The predicted molar refractivity (Wildman–Crippen MR) is 60.1 cm³/mol. The maximum absolute atomic E-state index is 11.6. The second-order valence-corrected chi connectivity index (χ2v) is 4.92. The average Bonchev–Trinajstić information content (AvgIpc) is 2.28. The lowest BCUT2D eigenvalue weighted by molar-refractivity contribution is -0.385. The van der Waals surface area contributed by atoms with Crippen LogP contribution in [-0.2, 0) is 13.6 Å². The monoisotopic (exact) mass is 265 g/mol. The van der Waals surface area contributed by atoms with Crippen LogP contribution in [0.25, 0.3) is 0 Å². The van der Waals surface area contributed by atoms with Crippen molar-refractivity contribution in [1.82, 2.24) is 0 Å². The standard InChI is InChI=1S/C9H12NO6P/c1-7-6-8(4-5-9(7)10(11)12)16-17(13,14-2)15-3/h4-6H,1-3H3/i2+2,3+2. The Labute approximate surface area is 98.1 Å². The highest BCUT2D eigenvalue weighted by atomic mass is 31.2. The van der Waals surface area contributed by atoms with Crippen LogP contribution >= 0.6 is 7.82 Å². The molecule has 0 aliphatic carbocycles. The molecule has 8 heteroatoms. The van der Waals surface area contributed by atoms with Gasteiger partial charge in [0.1, 0.15) is 5.75 Å². The van der Waals surface area contributed by atoms with Crippen LogP contribution in [-0.4, -0.2) is 19.1 Å². The fraction of sp³-hybridized carbons (Fsp3) is 0.333. The number of benzene rings is 1. The molecule has 0 amide bonds. The molecule has 0 radical (unpaired) electrons. The Morgan fingerprint density at radius 2 is 1.94 bits per heavy atom. The molecule has 0 heterocycles. The van der Waals surface area contributed by atoms with E-state index in [1.807, 2.05) is 0 Å². The van der Waals surface area contributed by atoms with E-state index in [2.05, 4.69) is 9.05 Å². The molecule has 0 aliphatic heterocycles. The Hall–Kier alpha value is -1.43. The number of rotatable bonds is 5. The highest BCUT2D eigenvalue weighted by molar-refractivity contribution is 7.48. The highest BCUT2D eigenvalue weighted by Crippen LogP contribution is 2.48. The molecule has 7 nitrogen and oxygen atoms in total. The molecule has 0 aliphatic rings. The Morgan fingerprint density at radius 1 is 1.35 bits per heavy atom. The van der Waals surface area contributed by atoms with Gasteiger partial charge in [0.15, 0.2) is 0 Å². The predicted octanol–water partition coefficient (Wildman–Crippen LogP) is 2.68. The molecule has 0 N–H and O–H groups in total. The zero-order valence-electron chi connectivity index (χ0n) is 9.58. The molecule has 0 saturated heterocycles. The van der Waals surface area contributed by atoms with Crippen molar-refractivity contribution in [2.24, 2.45) is 0 Å². The van der Waals surface area contributed by atoms with Gasteiger partial charge in [-0.3, -0.25) is 19.2 Å². The van der Waals surface area contributed by atoms with Gasteiger partial charge in [-0.15, -0.1) is 0 Å². The minimum absolute atomic E-state index is 0.0398. The second-order valence-electron chi connectivity index (χ2n) is 3.11. The molecule has 17 heavy (non-hydrogen) atoms. The molecule has 0 atom stereocenters. The minimum atomic E-state index is -3.63. The minimum Gasteiger partial charge on any atom is -0.404 e. The Bertz CT molecular complexity index is 467. The van der Waals surface area contributed by atoms with E-state index in [0.29, 0.717) is 5.56 Å². The van der Waals surface area contributed by atoms with Crippen molar-refractivity contribution >= 4 is 13.5 Å². The summed E-state index contributed by atoms with van der Waals surface area (Å²) in [7, 11) is -1.27. The third-order valence-electron chi connectivity index (χ3n) is 2.03. The Morgan fingerprint density at radius 3 is 2.35 bits per heavy atom. The van der Waals surface area contributed by atoms with Crippen molar-refractivity contribution in [3.05, 3.63) is 33.9 Å². The summed E-state index contributed by atoms with van der Waals surface area (Å²) in [6, 6.07) is 3.99. The summed E-state index contributed by atoms with van der Waals surface area (Å²) in [5.74, 6) is 0.181. The normalized spacial score (nSPS) is 11.2. The fourth-order valence-electron chi connectivity index (χ4n) is 1.17. The average molecular weight is 265 g/mol. The summed E-state index contributed by atoms with van der Waals surface area (Å²) in [6.45, 7) is 1.55. The summed E-state index contributed by atoms with van der Waals surface area (Å²) in [6.07, 6.45) is 0. The zero-order valence-corrected chi connectivity index (χ0v) is 10.5. The van der Waals surface area contributed by atoms with Gasteiger partial charge in [0.25, 0.3) is 5.69 Å². The first-order valence-corrected chi connectivity index (χ1v) is 6.04. The molecule has 0 unspecified atom stereocenters. The van der Waals surface area contributed by atoms with E-state index < -0.39 is 12.7 Å². The lowest BCUT2D eigenvalue weighted by atomic mass is 10.2. The molecule has 0 aromatic heterocycles. The molecule has 94 valence electrons. The van der Waals surface area contributed by atoms with Gasteiger partial charge in [0.2, 0.25) is 0 Å². The van der Waals surface area contributed by atoms with Crippen molar-refractivity contribution in [2.75, 3.05) is 14.2 Å². The van der Waals surface area contributed by atoms with Gasteiger partial charge in [0.05, 0.1) is 4.92 Å². The zero-order chi connectivity index (χ0) is 13.1. The molecule has 0 bridgehead atoms. The maximum atomic E-state index is 11.6. The first-order chi connectivity index (χ1) is 7.91. The molecular formula is C9H12NO6P. The van der Waals surface area contributed by atoms with E-state index in [1.165, 1.54) is 32.4 Å². The number of nitrogens with zero attached hydrogens (tertiary/aromatic N) is 1. The van der Waals surface area contributed by atoms with Crippen LogP contribution in [0, 0.1) is 17.0 Å². The van der Waals surface area contributed by atoms with E-state index in [-0.39, 0.29) is 11.4 Å². The number of phosphoric acid groups is 1. The number of nitro benzene ring substituents is 1.